The minimum Gasteiger partial charge on any atom is -0.481 e. The molecule has 12 heavy (non-hydrogen) atoms. The van der Waals surface area contributed by atoms with E-state index in [0.717, 1.165) is 0 Å². The van der Waals surface area contributed by atoms with Crippen molar-refractivity contribution < 1.29 is 9.90 Å². The molecule has 0 aliphatic rings. The number of imidazole rings is 1. The lowest BCUT2D eigenvalue weighted by Gasteiger charge is -2.18. The number of hydrogen-bond acceptors (Lipinski definition) is 3. The van der Waals surface area contributed by atoms with Crippen LogP contribution in [-0.2, 0) is 10.3 Å². The van der Waals surface area contributed by atoms with Crippen LogP contribution in [0.15, 0.2) is 12.4 Å². The Morgan fingerprint density at radius 2 is 2.58 bits per heavy atom. The Balaban J connectivity index is 2.79. The number of carboxylic acids is 1. The van der Waals surface area contributed by atoms with Gasteiger partial charge in [-0.3, -0.25) is 4.79 Å². The fraction of sp³-hybridized carbons (Fsp3) is 0.429. The van der Waals surface area contributed by atoms with E-state index >= 15 is 0 Å². The van der Waals surface area contributed by atoms with Gasteiger partial charge in [-0.1, -0.05) is 0 Å². The second kappa shape index (κ2) is 2.94. The second-order valence-corrected chi connectivity index (χ2v) is 2.93. The smallest absolute Gasteiger partial charge is 0.305 e. The second-order valence-electron chi connectivity index (χ2n) is 2.93. The zero-order chi connectivity index (χ0) is 9.19. The number of aromatic amines is 1. The summed E-state index contributed by atoms with van der Waals surface area (Å²) < 4.78 is 0. The molecule has 1 heterocycles. The Kier molecular flexibility index (Phi) is 2.14. The van der Waals surface area contributed by atoms with Crippen LogP contribution in [0.2, 0.25) is 0 Å². The van der Waals surface area contributed by atoms with Gasteiger partial charge in [0, 0.05) is 12.4 Å². The van der Waals surface area contributed by atoms with Crippen molar-refractivity contribution in [2.75, 3.05) is 0 Å². The van der Waals surface area contributed by atoms with Crippen molar-refractivity contribution in [1.29, 1.82) is 0 Å². The molecule has 0 amide bonds. The number of aliphatic carboxylic acids is 1. The highest BCUT2D eigenvalue weighted by atomic mass is 16.4. The van der Waals surface area contributed by atoms with Crippen LogP contribution in [0.3, 0.4) is 0 Å². The molecule has 66 valence electrons. The maximum absolute atomic E-state index is 10.4. The molecular weight excluding hydrogens is 158 g/mol. The summed E-state index contributed by atoms with van der Waals surface area (Å²) in [5.41, 5.74) is 4.79. The lowest BCUT2D eigenvalue weighted by atomic mass is 9.99. The molecule has 0 radical (unpaired) electrons. The van der Waals surface area contributed by atoms with Gasteiger partial charge >= 0.3 is 5.97 Å². The highest BCUT2D eigenvalue weighted by Gasteiger charge is 2.26. The number of nitrogens with zero attached hydrogens (tertiary/aromatic N) is 1. The van der Waals surface area contributed by atoms with Crippen molar-refractivity contribution in [3.63, 3.8) is 0 Å². The minimum absolute atomic E-state index is 0.138. The average Bonchev–Trinajstić information content (AvgIpc) is 2.32. The van der Waals surface area contributed by atoms with Crippen LogP contribution in [0.4, 0.5) is 0 Å². The quantitative estimate of drug-likeness (QED) is 0.596. The van der Waals surface area contributed by atoms with Crippen LogP contribution < -0.4 is 5.73 Å². The van der Waals surface area contributed by atoms with Gasteiger partial charge in [-0.25, -0.2) is 4.98 Å². The number of carbonyl (C=O) groups is 1. The van der Waals surface area contributed by atoms with Crippen LogP contribution in [0, 0.1) is 0 Å². The van der Waals surface area contributed by atoms with Gasteiger partial charge in [0.15, 0.2) is 0 Å². The first-order valence-electron chi connectivity index (χ1n) is 3.53. The summed E-state index contributed by atoms with van der Waals surface area (Å²) in [4.78, 5) is 17.1. The van der Waals surface area contributed by atoms with Gasteiger partial charge in [-0.15, -0.1) is 0 Å². The van der Waals surface area contributed by atoms with Crippen molar-refractivity contribution in [1.82, 2.24) is 9.97 Å². The van der Waals surface area contributed by atoms with Gasteiger partial charge in [-0.05, 0) is 6.92 Å². The van der Waals surface area contributed by atoms with E-state index in [2.05, 4.69) is 9.97 Å². The first-order chi connectivity index (χ1) is 5.52. The number of nitrogens with two attached hydrogens (primary N) is 1. The van der Waals surface area contributed by atoms with Gasteiger partial charge in [0.1, 0.15) is 5.82 Å². The molecule has 0 spiro atoms. The number of nitrogens with one attached hydrogen (secondary N) is 1. The Morgan fingerprint density at radius 1 is 1.92 bits per heavy atom. The van der Waals surface area contributed by atoms with Crippen molar-refractivity contribution in [2.45, 2.75) is 18.9 Å². The third kappa shape index (κ3) is 1.82. The van der Waals surface area contributed by atoms with Gasteiger partial charge < -0.3 is 15.8 Å². The Bertz CT molecular complexity index is 266. The predicted octanol–water partition coefficient (Wildman–Crippen LogP) is 0.0583. The van der Waals surface area contributed by atoms with Crippen molar-refractivity contribution in [2.24, 2.45) is 5.73 Å². The number of carboxylic acid groups (broad SMARTS) is 1. The summed E-state index contributed by atoms with van der Waals surface area (Å²) in [6.07, 6.45) is 3.02. The summed E-state index contributed by atoms with van der Waals surface area (Å²) in [6.45, 7) is 1.62. The lowest BCUT2D eigenvalue weighted by Crippen LogP contribution is -2.36. The van der Waals surface area contributed by atoms with Gasteiger partial charge in [0.2, 0.25) is 0 Å². The van der Waals surface area contributed by atoms with E-state index in [4.69, 9.17) is 10.8 Å². The maximum Gasteiger partial charge on any atom is 0.305 e. The molecule has 0 aromatic carbocycles. The fourth-order valence-corrected chi connectivity index (χ4v) is 0.975. The number of aromatic nitrogens is 2. The Labute approximate surface area is 69.6 Å². The Morgan fingerprint density at radius 3 is 3.00 bits per heavy atom. The van der Waals surface area contributed by atoms with E-state index in [1.807, 2.05) is 0 Å². The number of hydrogen-bond donors (Lipinski definition) is 3. The molecule has 0 bridgehead atoms. The van der Waals surface area contributed by atoms with Crippen molar-refractivity contribution >= 4 is 5.97 Å². The van der Waals surface area contributed by atoms with Crippen LogP contribution in [0.5, 0.6) is 0 Å². The zero-order valence-corrected chi connectivity index (χ0v) is 6.74. The largest absolute Gasteiger partial charge is 0.481 e. The van der Waals surface area contributed by atoms with E-state index in [0.29, 0.717) is 5.82 Å². The molecule has 0 fully saturated rings. The number of H-pyrrole nitrogens is 1. The highest BCUT2D eigenvalue weighted by molar-refractivity contribution is 5.68. The van der Waals surface area contributed by atoms with E-state index < -0.39 is 11.5 Å². The van der Waals surface area contributed by atoms with Crippen LogP contribution in [0.25, 0.3) is 0 Å². The molecule has 5 heteroatoms. The SMILES string of the molecule is C[C@@](N)(CC(=O)O)c1ncc[nH]1. The van der Waals surface area contributed by atoms with Crippen LogP contribution in [-0.4, -0.2) is 21.0 Å². The standard InChI is InChI=1S/C7H11N3O2/c1-7(8,4-5(11)12)6-9-2-3-10-6/h2-3H,4,8H2,1H3,(H,9,10)(H,11,12)/t7-/m1/s1. The summed E-state index contributed by atoms with van der Waals surface area (Å²) >= 11 is 0. The number of rotatable bonds is 3. The molecule has 1 aromatic rings. The molecule has 0 aliphatic carbocycles. The lowest BCUT2D eigenvalue weighted by molar-refractivity contribution is -0.138. The monoisotopic (exact) mass is 169 g/mol. The summed E-state index contributed by atoms with van der Waals surface area (Å²) in [7, 11) is 0. The predicted molar refractivity (Wildman–Crippen MR) is 42.4 cm³/mol. The summed E-state index contributed by atoms with van der Waals surface area (Å²) in [5.74, 6) is -0.443. The molecule has 0 saturated heterocycles. The highest BCUT2D eigenvalue weighted by Crippen LogP contribution is 2.16. The van der Waals surface area contributed by atoms with Crippen molar-refractivity contribution in [3.8, 4) is 0 Å². The molecular formula is C7H11N3O2. The Hall–Kier alpha value is -1.36. The first-order valence-corrected chi connectivity index (χ1v) is 3.53. The van der Waals surface area contributed by atoms with Gasteiger partial charge in [0.05, 0.1) is 12.0 Å². The fourth-order valence-electron chi connectivity index (χ4n) is 0.975. The molecule has 5 nitrogen and oxygen atoms in total. The average molecular weight is 169 g/mol. The van der Waals surface area contributed by atoms with E-state index in [1.54, 1.807) is 19.3 Å². The zero-order valence-electron chi connectivity index (χ0n) is 6.74. The van der Waals surface area contributed by atoms with Crippen molar-refractivity contribution in [3.05, 3.63) is 18.2 Å². The molecule has 0 aliphatic heterocycles. The third-order valence-electron chi connectivity index (χ3n) is 1.56. The van der Waals surface area contributed by atoms with Gasteiger partial charge in [-0.2, -0.15) is 0 Å². The normalized spacial score (nSPS) is 15.5. The molecule has 1 rings (SSSR count). The van der Waals surface area contributed by atoms with Gasteiger partial charge in [0.25, 0.3) is 0 Å². The molecule has 0 saturated carbocycles. The van der Waals surface area contributed by atoms with E-state index in [9.17, 15) is 4.79 Å². The van der Waals surface area contributed by atoms with E-state index in [1.165, 1.54) is 0 Å². The topological polar surface area (TPSA) is 92.0 Å². The van der Waals surface area contributed by atoms with E-state index in [-0.39, 0.29) is 6.42 Å². The molecule has 4 N–H and O–H groups in total. The maximum atomic E-state index is 10.4. The summed E-state index contributed by atoms with van der Waals surface area (Å²) in [6, 6.07) is 0. The molecule has 1 atom stereocenters. The summed E-state index contributed by atoms with van der Waals surface area (Å²) in [5, 5.41) is 8.53. The molecule has 0 unspecified atom stereocenters. The minimum atomic E-state index is -0.934. The third-order valence-corrected chi connectivity index (χ3v) is 1.56. The first kappa shape index (κ1) is 8.73. The van der Waals surface area contributed by atoms with Crippen LogP contribution in [0.1, 0.15) is 19.2 Å². The van der Waals surface area contributed by atoms with Crippen LogP contribution >= 0.6 is 0 Å². The molecule has 1 aromatic heterocycles.